The molecule has 3 N–H and O–H groups in total. The van der Waals surface area contributed by atoms with E-state index >= 15 is 0 Å². The van der Waals surface area contributed by atoms with Crippen LogP contribution in [-0.4, -0.2) is 17.1 Å². The molecule has 0 bridgehead atoms. The molecule has 2 aromatic rings. The standard InChI is InChI=1S/C12H11BN2O2/c14-12-4-3-9(6-15-12)8-1-2-10-7-17-13(16)11(10)5-8/h1-6,16H,7H2,(H2,14,15). The molecule has 0 amide bonds. The third-order valence-corrected chi connectivity index (χ3v) is 2.93. The van der Waals surface area contributed by atoms with E-state index in [4.69, 9.17) is 10.4 Å². The zero-order valence-corrected chi connectivity index (χ0v) is 9.13. The molecule has 0 spiro atoms. The molecule has 1 aliphatic heterocycles. The Kier molecular flexibility index (Phi) is 2.35. The average Bonchev–Trinajstić information content (AvgIpc) is 2.72. The summed E-state index contributed by atoms with van der Waals surface area (Å²) in [6, 6.07) is 9.56. The van der Waals surface area contributed by atoms with Gasteiger partial charge < -0.3 is 15.4 Å². The van der Waals surface area contributed by atoms with Crippen LogP contribution in [-0.2, 0) is 11.3 Å². The van der Waals surface area contributed by atoms with Crippen LogP contribution in [0.2, 0.25) is 0 Å². The van der Waals surface area contributed by atoms with Crippen LogP contribution in [0.1, 0.15) is 5.56 Å². The van der Waals surface area contributed by atoms with Gasteiger partial charge in [0, 0.05) is 11.8 Å². The molecule has 0 fully saturated rings. The minimum Gasteiger partial charge on any atom is -0.423 e. The summed E-state index contributed by atoms with van der Waals surface area (Å²) in [5.41, 5.74) is 9.38. The van der Waals surface area contributed by atoms with Gasteiger partial charge in [-0.25, -0.2) is 4.98 Å². The Morgan fingerprint density at radius 1 is 1.24 bits per heavy atom. The number of nitrogen functional groups attached to an aromatic ring is 1. The fraction of sp³-hybridized carbons (Fsp3) is 0.0833. The van der Waals surface area contributed by atoms with E-state index in [0.717, 1.165) is 22.2 Å². The van der Waals surface area contributed by atoms with Crippen molar-refractivity contribution in [1.82, 2.24) is 4.98 Å². The van der Waals surface area contributed by atoms with Crippen LogP contribution < -0.4 is 11.2 Å². The van der Waals surface area contributed by atoms with Crippen LogP contribution in [0.4, 0.5) is 5.82 Å². The molecule has 0 atom stereocenters. The van der Waals surface area contributed by atoms with Crippen LogP contribution in [0.15, 0.2) is 36.5 Å². The van der Waals surface area contributed by atoms with Crippen molar-refractivity contribution in [3.8, 4) is 11.1 Å². The van der Waals surface area contributed by atoms with Gasteiger partial charge in [-0.3, -0.25) is 0 Å². The fourth-order valence-electron chi connectivity index (χ4n) is 1.97. The summed E-state index contributed by atoms with van der Waals surface area (Å²) in [6.45, 7) is 0.469. The number of hydrogen-bond acceptors (Lipinski definition) is 4. The topological polar surface area (TPSA) is 68.4 Å². The SMILES string of the molecule is Nc1ccc(-c2ccc3c(c2)B(O)OC3)cn1. The first-order chi connectivity index (χ1) is 8.24. The third kappa shape index (κ3) is 1.79. The molecule has 0 unspecified atom stereocenters. The van der Waals surface area contributed by atoms with E-state index in [9.17, 15) is 5.02 Å². The molecule has 5 heteroatoms. The summed E-state index contributed by atoms with van der Waals surface area (Å²) in [7, 11) is -0.813. The van der Waals surface area contributed by atoms with Crippen molar-refractivity contribution in [3.63, 3.8) is 0 Å². The van der Waals surface area contributed by atoms with Crippen LogP contribution in [0.3, 0.4) is 0 Å². The zero-order chi connectivity index (χ0) is 11.8. The van der Waals surface area contributed by atoms with E-state index in [-0.39, 0.29) is 0 Å². The van der Waals surface area contributed by atoms with Crippen molar-refractivity contribution < 1.29 is 9.68 Å². The van der Waals surface area contributed by atoms with Gasteiger partial charge in [-0.15, -0.1) is 0 Å². The lowest BCUT2D eigenvalue weighted by molar-refractivity contribution is 0.275. The van der Waals surface area contributed by atoms with Crippen LogP contribution >= 0.6 is 0 Å². The second-order valence-electron chi connectivity index (χ2n) is 4.05. The predicted octanol–water partition coefficient (Wildman–Crippen LogP) is 0.549. The largest absolute Gasteiger partial charge is 0.491 e. The number of nitrogens with zero attached hydrogens (tertiary/aromatic N) is 1. The van der Waals surface area contributed by atoms with E-state index in [1.54, 1.807) is 12.3 Å². The highest BCUT2D eigenvalue weighted by Gasteiger charge is 2.27. The van der Waals surface area contributed by atoms with E-state index in [0.29, 0.717) is 12.4 Å². The Hall–Kier alpha value is -1.85. The quantitative estimate of drug-likeness (QED) is 0.696. The summed E-state index contributed by atoms with van der Waals surface area (Å²) >= 11 is 0. The molecule has 4 nitrogen and oxygen atoms in total. The molecule has 1 aromatic heterocycles. The maximum atomic E-state index is 9.64. The molecule has 1 aliphatic rings. The zero-order valence-electron chi connectivity index (χ0n) is 9.13. The van der Waals surface area contributed by atoms with E-state index in [1.165, 1.54) is 0 Å². The van der Waals surface area contributed by atoms with E-state index in [1.807, 2.05) is 24.3 Å². The highest BCUT2D eigenvalue weighted by molar-refractivity contribution is 6.61. The number of aromatic nitrogens is 1. The smallest absolute Gasteiger partial charge is 0.423 e. The van der Waals surface area contributed by atoms with Crippen LogP contribution in [0, 0.1) is 0 Å². The molecule has 0 aliphatic carbocycles. The van der Waals surface area contributed by atoms with Gasteiger partial charge in [0.15, 0.2) is 0 Å². The maximum absolute atomic E-state index is 9.64. The van der Waals surface area contributed by atoms with Gasteiger partial charge in [0.2, 0.25) is 0 Å². The van der Waals surface area contributed by atoms with Gasteiger partial charge in [-0.2, -0.15) is 0 Å². The molecule has 0 radical (unpaired) electrons. The van der Waals surface area contributed by atoms with Crippen LogP contribution in [0.5, 0.6) is 0 Å². The fourth-order valence-corrected chi connectivity index (χ4v) is 1.97. The van der Waals surface area contributed by atoms with Gasteiger partial charge in [0.1, 0.15) is 5.82 Å². The first-order valence-electron chi connectivity index (χ1n) is 5.38. The number of anilines is 1. The highest BCUT2D eigenvalue weighted by Crippen LogP contribution is 2.21. The minimum absolute atomic E-state index is 0.469. The summed E-state index contributed by atoms with van der Waals surface area (Å²) < 4.78 is 5.15. The molecule has 84 valence electrons. The highest BCUT2D eigenvalue weighted by atomic mass is 16.5. The van der Waals surface area contributed by atoms with Crippen molar-refractivity contribution in [2.75, 3.05) is 5.73 Å². The maximum Gasteiger partial charge on any atom is 0.491 e. The number of fused-ring (bicyclic) bond motifs is 1. The Balaban J connectivity index is 2.05. The first-order valence-corrected chi connectivity index (χ1v) is 5.38. The normalized spacial score (nSPS) is 13.8. The summed E-state index contributed by atoms with van der Waals surface area (Å²) in [4.78, 5) is 4.05. The summed E-state index contributed by atoms with van der Waals surface area (Å²) in [6.07, 6.45) is 1.72. The summed E-state index contributed by atoms with van der Waals surface area (Å²) in [5.74, 6) is 0.498. The number of benzene rings is 1. The van der Waals surface area contributed by atoms with Crippen molar-refractivity contribution in [2.45, 2.75) is 6.61 Å². The van der Waals surface area contributed by atoms with E-state index in [2.05, 4.69) is 4.98 Å². The van der Waals surface area contributed by atoms with Crippen molar-refractivity contribution in [2.24, 2.45) is 0 Å². The lowest BCUT2D eigenvalue weighted by Crippen LogP contribution is -2.27. The Bertz CT molecular complexity index is 557. The second kappa shape index (κ2) is 3.87. The molecule has 2 heterocycles. The van der Waals surface area contributed by atoms with Gasteiger partial charge in [0.05, 0.1) is 6.61 Å². The average molecular weight is 226 g/mol. The van der Waals surface area contributed by atoms with Gasteiger partial charge in [-0.1, -0.05) is 18.2 Å². The molecule has 17 heavy (non-hydrogen) atoms. The lowest BCUT2D eigenvalue weighted by atomic mass is 9.78. The van der Waals surface area contributed by atoms with Crippen molar-refractivity contribution in [3.05, 3.63) is 42.1 Å². The number of pyridine rings is 1. The molecule has 0 saturated carbocycles. The molecular formula is C12H11BN2O2. The summed E-state index contributed by atoms with van der Waals surface area (Å²) in [5, 5.41) is 9.64. The van der Waals surface area contributed by atoms with Crippen LogP contribution in [0.25, 0.3) is 11.1 Å². The monoisotopic (exact) mass is 226 g/mol. The predicted molar refractivity (Wildman–Crippen MR) is 66.5 cm³/mol. The molecule has 3 rings (SSSR count). The second-order valence-corrected chi connectivity index (χ2v) is 4.05. The number of rotatable bonds is 1. The van der Waals surface area contributed by atoms with Gasteiger partial charge in [0.25, 0.3) is 0 Å². The van der Waals surface area contributed by atoms with Gasteiger partial charge >= 0.3 is 7.12 Å². The third-order valence-electron chi connectivity index (χ3n) is 2.93. The number of hydrogen-bond donors (Lipinski definition) is 2. The number of nitrogens with two attached hydrogens (primary N) is 1. The van der Waals surface area contributed by atoms with Crippen molar-refractivity contribution >= 4 is 18.4 Å². The molecule has 0 saturated heterocycles. The molecular weight excluding hydrogens is 215 g/mol. The lowest BCUT2D eigenvalue weighted by Gasteiger charge is -2.04. The Labute approximate surface area is 99.2 Å². The van der Waals surface area contributed by atoms with E-state index < -0.39 is 7.12 Å². The Morgan fingerprint density at radius 3 is 2.82 bits per heavy atom. The molecule has 1 aromatic carbocycles. The van der Waals surface area contributed by atoms with Gasteiger partial charge in [-0.05, 0) is 28.7 Å². The Morgan fingerprint density at radius 2 is 2.06 bits per heavy atom. The first kappa shape index (κ1) is 10.3. The van der Waals surface area contributed by atoms with Crippen molar-refractivity contribution in [1.29, 1.82) is 0 Å². The minimum atomic E-state index is -0.813.